The van der Waals surface area contributed by atoms with Crippen molar-refractivity contribution < 1.29 is 22.0 Å². The van der Waals surface area contributed by atoms with Crippen LogP contribution in [0.2, 0.25) is 0 Å². The van der Waals surface area contributed by atoms with Gasteiger partial charge in [0.2, 0.25) is 0 Å². The molecule has 0 aliphatic rings. The van der Waals surface area contributed by atoms with Gasteiger partial charge in [-0.3, -0.25) is 0 Å². The molecule has 1 rings (SSSR count). The molecule has 78 valence electrons. The van der Waals surface area contributed by atoms with Crippen LogP contribution in [0.15, 0.2) is 24.3 Å². The van der Waals surface area contributed by atoms with Crippen LogP contribution in [0.25, 0.3) is 0 Å². The van der Waals surface area contributed by atoms with Gasteiger partial charge in [-0.2, -0.15) is 22.0 Å². The first-order chi connectivity index (χ1) is 6.21. The van der Waals surface area contributed by atoms with E-state index in [-0.39, 0.29) is 0 Å². The summed E-state index contributed by atoms with van der Waals surface area (Å²) in [6.45, 7) is 0. The predicted octanol–water partition coefficient (Wildman–Crippen LogP) is 4.15. The van der Waals surface area contributed by atoms with Gasteiger partial charge in [0.25, 0.3) is 0 Å². The van der Waals surface area contributed by atoms with Crippen molar-refractivity contribution in [3.05, 3.63) is 35.4 Å². The fourth-order valence-electron chi connectivity index (χ4n) is 0.872. The van der Waals surface area contributed by atoms with E-state index in [0.717, 1.165) is 18.2 Å². The Hall–Kier alpha value is -0.650. The molecule has 0 aromatic heterocycles. The molecule has 6 heteroatoms. The van der Waals surface area contributed by atoms with Gasteiger partial charge in [-0.1, -0.05) is 12.1 Å². The third-order valence-electron chi connectivity index (χ3n) is 1.52. The number of hydrogen-bond donors (Lipinski definition) is 0. The number of hydrogen-bond acceptors (Lipinski definition) is 0. The molecular formula is C8H4BrF5. The van der Waals surface area contributed by atoms with Crippen LogP contribution in [0.3, 0.4) is 0 Å². The molecule has 0 fully saturated rings. The molecule has 14 heavy (non-hydrogen) atoms. The molecule has 0 saturated carbocycles. The molecule has 0 unspecified atom stereocenters. The Morgan fingerprint density at radius 1 is 0.929 bits per heavy atom. The van der Waals surface area contributed by atoms with Crippen molar-refractivity contribution >= 4 is 15.9 Å². The molecule has 0 aliphatic carbocycles. The first kappa shape index (κ1) is 11.4. The maximum Gasteiger partial charge on any atom is 0.416 e. The molecule has 0 spiro atoms. The lowest BCUT2D eigenvalue weighted by Gasteiger charge is -2.11. The summed E-state index contributed by atoms with van der Waals surface area (Å²) < 4.78 is 61.4. The van der Waals surface area contributed by atoms with E-state index in [2.05, 4.69) is 0 Å². The maximum absolute atomic E-state index is 12.6. The van der Waals surface area contributed by atoms with Crippen molar-refractivity contribution in [2.75, 3.05) is 0 Å². The summed E-state index contributed by atoms with van der Waals surface area (Å²) in [7, 11) is 0. The monoisotopic (exact) mass is 274 g/mol. The quantitative estimate of drug-likeness (QED) is 0.533. The van der Waals surface area contributed by atoms with Gasteiger partial charge in [0, 0.05) is 5.56 Å². The number of halogens is 6. The molecular weight excluding hydrogens is 271 g/mol. The highest BCUT2D eigenvalue weighted by Crippen LogP contribution is 2.37. The third kappa shape index (κ3) is 2.67. The highest BCUT2D eigenvalue weighted by atomic mass is 79.9. The Balaban J connectivity index is 3.15. The summed E-state index contributed by atoms with van der Waals surface area (Å²) in [4.78, 5) is -3.44. The van der Waals surface area contributed by atoms with Gasteiger partial charge in [-0.05, 0) is 28.1 Å². The first-order valence-electron chi connectivity index (χ1n) is 3.46. The van der Waals surface area contributed by atoms with Crippen LogP contribution in [-0.4, -0.2) is 0 Å². The molecule has 0 atom stereocenters. The van der Waals surface area contributed by atoms with Crippen LogP contribution in [0.4, 0.5) is 22.0 Å². The topological polar surface area (TPSA) is 0 Å². The minimum Gasteiger partial charge on any atom is -0.188 e. The molecule has 0 bridgehead atoms. The SMILES string of the molecule is FC(F)(F)c1cccc(C(F)(F)Br)c1. The van der Waals surface area contributed by atoms with Crippen LogP contribution >= 0.6 is 15.9 Å². The first-order valence-corrected chi connectivity index (χ1v) is 4.25. The molecule has 0 saturated heterocycles. The summed E-state index contributed by atoms with van der Waals surface area (Å²) in [5.74, 6) is 0. The molecule has 0 nitrogen and oxygen atoms in total. The maximum atomic E-state index is 12.6. The van der Waals surface area contributed by atoms with Gasteiger partial charge in [0.15, 0.2) is 0 Å². The molecule has 0 N–H and O–H groups in total. The second kappa shape index (κ2) is 3.49. The average molecular weight is 275 g/mol. The van der Waals surface area contributed by atoms with E-state index in [4.69, 9.17) is 0 Å². The number of benzene rings is 1. The van der Waals surface area contributed by atoms with Crippen molar-refractivity contribution in [3.63, 3.8) is 0 Å². The Morgan fingerprint density at radius 2 is 1.43 bits per heavy atom. The summed E-state index contributed by atoms with van der Waals surface area (Å²) in [6.07, 6.45) is -4.60. The van der Waals surface area contributed by atoms with Crippen LogP contribution in [-0.2, 0) is 11.0 Å². The van der Waals surface area contributed by atoms with Gasteiger partial charge < -0.3 is 0 Å². The molecule has 1 aromatic carbocycles. The fourth-order valence-corrected chi connectivity index (χ4v) is 1.12. The van der Waals surface area contributed by atoms with Crippen molar-refractivity contribution in [2.45, 2.75) is 11.0 Å². The van der Waals surface area contributed by atoms with Gasteiger partial charge in [-0.25, -0.2) is 0 Å². The Kier molecular flexibility index (Phi) is 2.85. The van der Waals surface area contributed by atoms with Crippen molar-refractivity contribution in [1.29, 1.82) is 0 Å². The second-order valence-corrected chi connectivity index (χ2v) is 3.57. The van der Waals surface area contributed by atoms with Gasteiger partial charge in [-0.15, -0.1) is 0 Å². The summed E-state index contributed by atoms with van der Waals surface area (Å²) >= 11 is 1.99. The minimum atomic E-state index is -4.60. The molecule has 0 amide bonds. The fraction of sp³-hybridized carbons (Fsp3) is 0.250. The lowest BCUT2D eigenvalue weighted by Crippen LogP contribution is -2.08. The molecule has 0 aliphatic heterocycles. The predicted molar refractivity (Wildman–Crippen MR) is 44.3 cm³/mol. The highest BCUT2D eigenvalue weighted by molar-refractivity contribution is 9.09. The van der Waals surface area contributed by atoms with E-state index in [1.807, 2.05) is 15.9 Å². The van der Waals surface area contributed by atoms with E-state index >= 15 is 0 Å². The third-order valence-corrected chi connectivity index (χ3v) is 1.98. The Bertz CT molecular complexity index is 296. The standard InChI is InChI=1S/C8H4BrF5/c9-7(10,11)5-2-1-3-6(4-5)8(12,13)14/h1-4H. The van der Waals surface area contributed by atoms with Crippen molar-refractivity contribution in [1.82, 2.24) is 0 Å². The van der Waals surface area contributed by atoms with E-state index < -0.39 is 22.1 Å². The number of alkyl halides is 6. The normalized spacial score (nSPS) is 13.0. The molecule has 1 aromatic rings. The lowest BCUT2D eigenvalue weighted by molar-refractivity contribution is -0.137. The van der Waals surface area contributed by atoms with Gasteiger partial charge in [0.05, 0.1) is 5.56 Å². The van der Waals surface area contributed by atoms with E-state index in [1.54, 1.807) is 0 Å². The average Bonchev–Trinajstić information content (AvgIpc) is 2.01. The van der Waals surface area contributed by atoms with Crippen LogP contribution in [0.5, 0.6) is 0 Å². The Labute approximate surface area is 84.9 Å². The van der Waals surface area contributed by atoms with Gasteiger partial charge >= 0.3 is 11.0 Å². The zero-order chi connectivity index (χ0) is 11.0. The number of rotatable bonds is 1. The zero-order valence-electron chi connectivity index (χ0n) is 6.58. The Morgan fingerprint density at radius 3 is 1.86 bits per heavy atom. The summed E-state index contributed by atoms with van der Waals surface area (Å²) in [5, 5.41) is 0. The van der Waals surface area contributed by atoms with Crippen LogP contribution < -0.4 is 0 Å². The lowest BCUT2D eigenvalue weighted by atomic mass is 10.1. The van der Waals surface area contributed by atoms with Crippen molar-refractivity contribution in [2.24, 2.45) is 0 Å². The highest BCUT2D eigenvalue weighted by Gasteiger charge is 2.34. The minimum absolute atomic E-state index is 0.411. The molecule has 0 heterocycles. The van der Waals surface area contributed by atoms with Crippen molar-refractivity contribution in [3.8, 4) is 0 Å². The van der Waals surface area contributed by atoms with Crippen LogP contribution in [0.1, 0.15) is 11.1 Å². The second-order valence-electron chi connectivity index (χ2n) is 2.58. The largest absolute Gasteiger partial charge is 0.416 e. The van der Waals surface area contributed by atoms with E-state index in [1.165, 1.54) is 0 Å². The van der Waals surface area contributed by atoms with E-state index in [0.29, 0.717) is 6.07 Å². The van der Waals surface area contributed by atoms with Gasteiger partial charge in [0.1, 0.15) is 0 Å². The summed E-state index contributed by atoms with van der Waals surface area (Å²) in [6, 6.07) is 3.01. The smallest absolute Gasteiger partial charge is 0.188 e. The van der Waals surface area contributed by atoms with Crippen LogP contribution in [0, 0.1) is 0 Å². The molecule has 0 radical (unpaired) electrons. The zero-order valence-corrected chi connectivity index (χ0v) is 8.16. The van der Waals surface area contributed by atoms with E-state index in [9.17, 15) is 22.0 Å². The summed E-state index contributed by atoms with van der Waals surface area (Å²) in [5.41, 5.74) is -1.80.